The van der Waals surface area contributed by atoms with Crippen LogP contribution in [0.3, 0.4) is 0 Å². The number of nitrogens with zero attached hydrogens (tertiary/aromatic N) is 3. The summed E-state index contributed by atoms with van der Waals surface area (Å²) in [5, 5.41) is 15.6. The second kappa shape index (κ2) is 12.5. The third-order valence-electron chi connectivity index (χ3n) is 5.85. The molecule has 2 aromatic carbocycles. The van der Waals surface area contributed by atoms with E-state index in [1.54, 1.807) is 0 Å². The predicted octanol–water partition coefficient (Wildman–Crippen LogP) is 6.35. The van der Waals surface area contributed by atoms with Crippen molar-refractivity contribution < 1.29 is 9.59 Å². The van der Waals surface area contributed by atoms with Gasteiger partial charge in [-0.1, -0.05) is 73.1 Å². The van der Waals surface area contributed by atoms with Crippen LogP contribution in [0.4, 0.5) is 5.69 Å². The highest BCUT2D eigenvalue weighted by Crippen LogP contribution is 2.29. The van der Waals surface area contributed by atoms with Crippen LogP contribution in [0.15, 0.2) is 52.1 Å². The first kappa shape index (κ1) is 27.9. The molecule has 2 N–H and O–H groups in total. The first-order valence-electron chi connectivity index (χ1n) is 12.1. The molecule has 3 aromatic rings. The van der Waals surface area contributed by atoms with Crippen LogP contribution in [-0.2, 0) is 11.3 Å². The Morgan fingerprint density at radius 1 is 1.06 bits per heavy atom. The number of carbonyl (C=O) groups excluding carboxylic acids is 2. The lowest BCUT2D eigenvalue weighted by molar-refractivity contribution is -0.113. The van der Waals surface area contributed by atoms with E-state index >= 15 is 0 Å². The molecular formula is C27H34BrN5O2S. The molecule has 0 spiro atoms. The fraction of sp³-hybridized carbons (Fsp3) is 0.407. The Morgan fingerprint density at radius 3 is 2.36 bits per heavy atom. The Labute approximate surface area is 226 Å². The number of aromatic nitrogens is 3. The number of nitrogens with one attached hydrogen (secondary N) is 2. The topological polar surface area (TPSA) is 88.9 Å². The van der Waals surface area contributed by atoms with Gasteiger partial charge in [-0.25, -0.2) is 0 Å². The quantitative estimate of drug-likeness (QED) is 0.277. The van der Waals surface area contributed by atoms with Crippen molar-refractivity contribution in [2.24, 2.45) is 5.92 Å². The van der Waals surface area contributed by atoms with Crippen LogP contribution >= 0.6 is 27.7 Å². The summed E-state index contributed by atoms with van der Waals surface area (Å²) < 4.78 is 2.95. The molecule has 1 atom stereocenters. The largest absolute Gasteiger partial charge is 0.342 e. The van der Waals surface area contributed by atoms with Gasteiger partial charge in [-0.3, -0.25) is 9.59 Å². The van der Waals surface area contributed by atoms with E-state index in [1.807, 2.05) is 74.7 Å². The van der Waals surface area contributed by atoms with Crippen molar-refractivity contribution >= 4 is 45.2 Å². The van der Waals surface area contributed by atoms with Gasteiger partial charge in [0, 0.05) is 22.3 Å². The van der Waals surface area contributed by atoms with Crippen molar-refractivity contribution in [2.45, 2.75) is 65.2 Å². The summed E-state index contributed by atoms with van der Waals surface area (Å²) in [5.41, 5.74) is 3.60. The molecule has 0 radical (unpaired) electrons. The summed E-state index contributed by atoms with van der Waals surface area (Å²) in [6.45, 7) is 12.9. The van der Waals surface area contributed by atoms with E-state index in [1.165, 1.54) is 11.8 Å². The molecule has 0 saturated carbocycles. The molecule has 0 unspecified atom stereocenters. The third-order valence-corrected chi connectivity index (χ3v) is 7.31. The van der Waals surface area contributed by atoms with Crippen LogP contribution in [0.25, 0.3) is 0 Å². The molecule has 192 valence electrons. The Hall–Kier alpha value is -2.65. The van der Waals surface area contributed by atoms with Crippen LogP contribution in [0, 0.1) is 12.8 Å². The molecule has 1 aromatic heterocycles. The fourth-order valence-corrected chi connectivity index (χ4v) is 5.02. The van der Waals surface area contributed by atoms with Crippen molar-refractivity contribution in [3.63, 3.8) is 0 Å². The van der Waals surface area contributed by atoms with E-state index < -0.39 is 0 Å². The Bertz CT molecular complexity index is 1210. The summed E-state index contributed by atoms with van der Waals surface area (Å²) in [6, 6.07) is 13.0. The van der Waals surface area contributed by atoms with Crippen LogP contribution < -0.4 is 10.6 Å². The minimum atomic E-state index is -0.314. The molecule has 36 heavy (non-hydrogen) atoms. The fourth-order valence-electron chi connectivity index (χ4n) is 3.83. The van der Waals surface area contributed by atoms with Crippen LogP contribution in [0.2, 0.25) is 0 Å². The number of thioether (sulfide) groups is 1. The number of amides is 2. The second-order valence-corrected chi connectivity index (χ2v) is 11.2. The zero-order valence-electron chi connectivity index (χ0n) is 21.6. The predicted molar refractivity (Wildman–Crippen MR) is 150 cm³/mol. The SMILES string of the molecule is CCn1c(SCC(=O)Nc2ccc(Br)cc2C(C)C)nnc1[C@H](NC(=O)c1ccc(C)cc1)C(C)C. The van der Waals surface area contributed by atoms with Crippen molar-refractivity contribution in [2.75, 3.05) is 11.1 Å². The standard InChI is InChI=1S/C27H34BrN5O2S/c1-7-33-25(24(17(4)5)30-26(35)19-10-8-18(6)9-11-19)31-32-27(33)36-15-23(34)29-22-13-12-20(28)14-21(22)16(2)3/h8-14,16-17,24H,7,15H2,1-6H3,(H,29,34)(H,30,35)/t24-/m1/s1. The van der Waals surface area contributed by atoms with E-state index in [2.05, 4.69) is 50.6 Å². The van der Waals surface area contributed by atoms with E-state index in [0.29, 0.717) is 23.1 Å². The minimum absolute atomic E-state index is 0.0990. The number of benzene rings is 2. The van der Waals surface area contributed by atoms with Gasteiger partial charge < -0.3 is 15.2 Å². The Balaban J connectivity index is 1.72. The van der Waals surface area contributed by atoms with Crippen LogP contribution in [0.5, 0.6) is 0 Å². The highest BCUT2D eigenvalue weighted by molar-refractivity contribution is 9.10. The number of anilines is 1. The van der Waals surface area contributed by atoms with Gasteiger partial charge in [0.15, 0.2) is 11.0 Å². The highest BCUT2D eigenvalue weighted by atomic mass is 79.9. The summed E-state index contributed by atoms with van der Waals surface area (Å²) in [4.78, 5) is 25.7. The van der Waals surface area contributed by atoms with Crippen LogP contribution in [-0.4, -0.2) is 32.3 Å². The van der Waals surface area contributed by atoms with Crippen molar-refractivity contribution in [1.82, 2.24) is 20.1 Å². The third kappa shape index (κ3) is 6.97. The Kier molecular flexibility index (Phi) is 9.73. The molecule has 0 fully saturated rings. The molecule has 0 bridgehead atoms. The van der Waals surface area contributed by atoms with E-state index in [-0.39, 0.29) is 35.4 Å². The molecule has 3 rings (SSSR count). The number of hydrogen-bond donors (Lipinski definition) is 2. The summed E-state index contributed by atoms with van der Waals surface area (Å²) in [7, 11) is 0. The van der Waals surface area contributed by atoms with E-state index in [0.717, 1.165) is 21.3 Å². The molecule has 2 amide bonds. The minimum Gasteiger partial charge on any atom is -0.342 e. The maximum atomic E-state index is 12.9. The maximum Gasteiger partial charge on any atom is 0.251 e. The first-order valence-corrected chi connectivity index (χ1v) is 13.9. The average molecular weight is 573 g/mol. The maximum absolute atomic E-state index is 12.9. The van der Waals surface area contributed by atoms with Crippen molar-refractivity contribution in [3.8, 4) is 0 Å². The molecule has 9 heteroatoms. The zero-order chi connectivity index (χ0) is 26.4. The summed E-state index contributed by atoms with van der Waals surface area (Å²) in [6.07, 6.45) is 0. The van der Waals surface area contributed by atoms with Gasteiger partial charge in [-0.2, -0.15) is 0 Å². The average Bonchev–Trinajstić information content (AvgIpc) is 3.24. The van der Waals surface area contributed by atoms with Gasteiger partial charge in [0.25, 0.3) is 5.91 Å². The zero-order valence-corrected chi connectivity index (χ0v) is 24.0. The van der Waals surface area contributed by atoms with Gasteiger partial charge >= 0.3 is 0 Å². The molecule has 0 saturated heterocycles. The lowest BCUT2D eigenvalue weighted by Gasteiger charge is -2.22. The van der Waals surface area contributed by atoms with Gasteiger partial charge in [0.1, 0.15) is 0 Å². The number of rotatable bonds is 10. The van der Waals surface area contributed by atoms with Crippen LogP contribution in [0.1, 0.15) is 73.9 Å². The van der Waals surface area contributed by atoms with Gasteiger partial charge in [0.05, 0.1) is 11.8 Å². The molecule has 0 aliphatic rings. The van der Waals surface area contributed by atoms with Crippen molar-refractivity contribution in [3.05, 3.63) is 69.5 Å². The van der Waals surface area contributed by atoms with E-state index in [9.17, 15) is 9.59 Å². The second-order valence-electron chi connectivity index (χ2n) is 9.37. The van der Waals surface area contributed by atoms with E-state index in [4.69, 9.17) is 0 Å². The molecular weight excluding hydrogens is 538 g/mol. The highest BCUT2D eigenvalue weighted by Gasteiger charge is 2.26. The number of carbonyl (C=O) groups is 2. The molecule has 1 heterocycles. The van der Waals surface area contributed by atoms with Gasteiger partial charge in [-0.15, -0.1) is 10.2 Å². The number of aryl methyl sites for hydroxylation is 1. The Morgan fingerprint density at radius 2 is 1.75 bits per heavy atom. The monoisotopic (exact) mass is 571 g/mol. The smallest absolute Gasteiger partial charge is 0.251 e. The number of halogens is 1. The lowest BCUT2D eigenvalue weighted by atomic mass is 10.0. The first-order chi connectivity index (χ1) is 17.1. The normalized spacial score (nSPS) is 12.1. The lowest BCUT2D eigenvalue weighted by Crippen LogP contribution is -2.33. The molecule has 0 aliphatic carbocycles. The van der Waals surface area contributed by atoms with Gasteiger partial charge in [-0.05, 0) is 61.6 Å². The number of hydrogen-bond acceptors (Lipinski definition) is 5. The molecule has 0 aliphatic heterocycles. The van der Waals surface area contributed by atoms with Gasteiger partial charge in [0.2, 0.25) is 5.91 Å². The summed E-state index contributed by atoms with van der Waals surface area (Å²) in [5.74, 6) is 1.01. The van der Waals surface area contributed by atoms with Crippen molar-refractivity contribution in [1.29, 1.82) is 0 Å². The molecule has 7 nitrogen and oxygen atoms in total. The summed E-state index contributed by atoms with van der Waals surface area (Å²) >= 11 is 4.84.